The van der Waals surface area contributed by atoms with E-state index in [0.29, 0.717) is 5.56 Å². The van der Waals surface area contributed by atoms with E-state index in [4.69, 9.17) is 5.73 Å². The number of ether oxygens (including phenoxy) is 1. The summed E-state index contributed by atoms with van der Waals surface area (Å²) >= 11 is 0. The van der Waals surface area contributed by atoms with Crippen LogP contribution in [0.1, 0.15) is 22.8 Å². The van der Waals surface area contributed by atoms with Crippen molar-refractivity contribution in [2.24, 2.45) is 5.73 Å². The lowest BCUT2D eigenvalue weighted by Gasteiger charge is -2.11. The molecule has 4 N–H and O–H groups in total. The van der Waals surface area contributed by atoms with Crippen LogP contribution in [0.2, 0.25) is 0 Å². The largest absolute Gasteiger partial charge is 0.464 e. The fraction of sp³-hybridized carbons (Fsp3) is 0.357. The zero-order valence-electron chi connectivity index (χ0n) is 12.0. The smallest absolute Gasteiger partial charge is 0.332 e. The summed E-state index contributed by atoms with van der Waals surface area (Å²) in [6.07, 6.45) is 0. The molecule has 0 saturated carbocycles. The Morgan fingerprint density at radius 3 is 2.38 bits per heavy atom. The molecule has 0 heterocycles. The van der Waals surface area contributed by atoms with Crippen molar-refractivity contribution in [3.63, 3.8) is 0 Å². The molecular formula is C14H19N3O4. The maximum Gasteiger partial charge on any atom is 0.332 e. The molecule has 1 aromatic rings. The number of nitrogens with two attached hydrogens (primary N) is 1. The molecule has 0 radical (unpaired) electrons. The van der Waals surface area contributed by atoms with Gasteiger partial charge in [-0.1, -0.05) is 12.1 Å². The fourth-order valence-corrected chi connectivity index (χ4v) is 1.56. The van der Waals surface area contributed by atoms with Crippen molar-refractivity contribution in [3.8, 4) is 0 Å². The molecular weight excluding hydrogens is 274 g/mol. The SMILES string of the molecule is CCOC(=O)C(N)C(=O)NCc1ccc(C(=O)NC)cc1. The van der Waals surface area contributed by atoms with Gasteiger partial charge in [0.05, 0.1) is 6.61 Å². The number of amides is 2. The molecule has 114 valence electrons. The molecule has 1 unspecified atom stereocenters. The Hall–Kier alpha value is -2.41. The Balaban J connectivity index is 2.53. The maximum absolute atomic E-state index is 11.7. The lowest BCUT2D eigenvalue weighted by molar-refractivity contribution is -0.148. The van der Waals surface area contributed by atoms with Crippen LogP contribution in [0, 0.1) is 0 Å². The molecule has 21 heavy (non-hydrogen) atoms. The van der Waals surface area contributed by atoms with E-state index in [9.17, 15) is 14.4 Å². The van der Waals surface area contributed by atoms with Crippen molar-refractivity contribution in [2.45, 2.75) is 19.5 Å². The van der Waals surface area contributed by atoms with E-state index >= 15 is 0 Å². The number of esters is 1. The van der Waals surface area contributed by atoms with E-state index in [1.54, 1.807) is 38.2 Å². The second-order valence-electron chi connectivity index (χ2n) is 4.22. The van der Waals surface area contributed by atoms with Gasteiger partial charge in [0, 0.05) is 19.2 Å². The molecule has 0 saturated heterocycles. The first-order valence-electron chi connectivity index (χ1n) is 6.50. The molecule has 0 fully saturated rings. The highest BCUT2D eigenvalue weighted by molar-refractivity contribution is 6.01. The average molecular weight is 293 g/mol. The molecule has 0 bridgehead atoms. The van der Waals surface area contributed by atoms with Crippen LogP contribution in [-0.4, -0.2) is 37.5 Å². The van der Waals surface area contributed by atoms with Gasteiger partial charge in [-0.2, -0.15) is 0 Å². The molecule has 7 heteroatoms. The molecule has 7 nitrogen and oxygen atoms in total. The van der Waals surface area contributed by atoms with Gasteiger partial charge in [0.25, 0.3) is 5.91 Å². The maximum atomic E-state index is 11.7. The molecule has 0 aliphatic carbocycles. The molecule has 0 aliphatic rings. The normalized spacial score (nSPS) is 11.4. The highest BCUT2D eigenvalue weighted by Gasteiger charge is 2.22. The minimum atomic E-state index is -1.34. The van der Waals surface area contributed by atoms with Gasteiger partial charge < -0.3 is 21.1 Å². The topological polar surface area (TPSA) is 111 Å². The second-order valence-corrected chi connectivity index (χ2v) is 4.22. The predicted molar refractivity (Wildman–Crippen MR) is 76.3 cm³/mol. The minimum Gasteiger partial charge on any atom is -0.464 e. The molecule has 0 aromatic heterocycles. The van der Waals surface area contributed by atoms with Gasteiger partial charge in [-0.3, -0.25) is 9.59 Å². The summed E-state index contributed by atoms with van der Waals surface area (Å²) < 4.78 is 4.66. The first-order chi connectivity index (χ1) is 9.99. The van der Waals surface area contributed by atoms with E-state index in [-0.39, 0.29) is 19.1 Å². The van der Waals surface area contributed by atoms with Gasteiger partial charge in [-0.15, -0.1) is 0 Å². The first-order valence-corrected chi connectivity index (χ1v) is 6.50. The summed E-state index contributed by atoms with van der Waals surface area (Å²) in [4.78, 5) is 34.3. The van der Waals surface area contributed by atoms with Crippen LogP contribution in [0.15, 0.2) is 24.3 Å². The summed E-state index contributed by atoms with van der Waals surface area (Å²) in [5.74, 6) is -1.55. The van der Waals surface area contributed by atoms with Crippen LogP contribution in [0.4, 0.5) is 0 Å². The molecule has 0 spiro atoms. The van der Waals surface area contributed by atoms with Gasteiger partial charge in [0.2, 0.25) is 5.91 Å². The molecule has 0 aliphatic heterocycles. The van der Waals surface area contributed by atoms with Crippen LogP contribution in [-0.2, 0) is 20.9 Å². The van der Waals surface area contributed by atoms with E-state index in [2.05, 4.69) is 15.4 Å². The number of carbonyl (C=O) groups is 3. The van der Waals surface area contributed by atoms with Crippen LogP contribution in [0.3, 0.4) is 0 Å². The summed E-state index contributed by atoms with van der Waals surface area (Å²) in [6.45, 7) is 2.01. The lowest BCUT2D eigenvalue weighted by Crippen LogP contribution is -2.46. The van der Waals surface area contributed by atoms with Gasteiger partial charge in [0.1, 0.15) is 0 Å². The van der Waals surface area contributed by atoms with Gasteiger partial charge in [-0.25, -0.2) is 4.79 Å². The number of benzene rings is 1. The van der Waals surface area contributed by atoms with Gasteiger partial charge in [0.15, 0.2) is 6.04 Å². The van der Waals surface area contributed by atoms with E-state index in [1.807, 2.05) is 0 Å². The van der Waals surface area contributed by atoms with Crippen molar-refractivity contribution < 1.29 is 19.1 Å². The number of hydrogen-bond donors (Lipinski definition) is 3. The number of nitrogens with one attached hydrogen (secondary N) is 2. The van der Waals surface area contributed by atoms with Crippen LogP contribution >= 0.6 is 0 Å². The average Bonchev–Trinajstić information content (AvgIpc) is 2.51. The molecule has 1 rings (SSSR count). The van der Waals surface area contributed by atoms with Crippen LogP contribution < -0.4 is 16.4 Å². The monoisotopic (exact) mass is 293 g/mol. The number of hydrogen-bond acceptors (Lipinski definition) is 5. The quantitative estimate of drug-likeness (QED) is 0.486. The highest BCUT2D eigenvalue weighted by Crippen LogP contribution is 2.04. The third-order valence-electron chi connectivity index (χ3n) is 2.73. The third-order valence-corrected chi connectivity index (χ3v) is 2.73. The van der Waals surface area contributed by atoms with Gasteiger partial charge >= 0.3 is 5.97 Å². The van der Waals surface area contributed by atoms with Crippen LogP contribution in [0.25, 0.3) is 0 Å². The Kier molecular flexibility index (Phi) is 6.35. The van der Waals surface area contributed by atoms with E-state index in [0.717, 1.165) is 5.56 Å². The predicted octanol–water partition coefficient (Wildman–Crippen LogP) is -0.447. The standard InChI is InChI=1S/C14H19N3O4/c1-3-21-14(20)11(15)13(19)17-8-9-4-6-10(7-5-9)12(18)16-2/h4-7,11H,3,8,15H2,1-2H3,(H,16,18)(H,17,19). The summed E-state index contributed by atoms with van der Waals surface area (Å²) in [6, 6.07) is 5.37. The van der Waals surface area contributed by atoms with Crippen molar-refractivity contribution in [3.05, 3.63) is 35.4 Å². The van der Waals surface area contributed by atoms with E-state index < -0.39 is 17.9 Å². The Labute approximate surface area is 122 Å². The highest BCUT2D eigenvalue weighted by atomic mass is 16.5. The minimum absolute atomic E-state index is 0.167. The first kappa shape index (κ1) is 16.6. The molecule has 1 atom stereocenters. The molecule has 2 amide bonds. The summed E-state index contributed by atoms with van der Waals surface area (Å²) in [5.41, 5.74) is 6.76. The third kappa shape index (κ3) is 4.88. The Morgan fingerprint density at radius 1 is 1.24 bits per heavy atom. The zero-order chi connectivity index (χ0) is 15.8. The summed E-state index contributed by atoms with van der Waals surface area (Å²) in [5, 5.41) is 5.05. The van der Waals surface area contributed by atoms with Crippen molar-refractivity contribution in [1.82, 2.24) is 10.6 Å². The molecule has 1 aromatic carbocycles. The second kappa shape index (κ2) is 8.01. The summed E-state index contributed by atoms with van der Waals surface area (Å²) in [7, 11) is 1.55. The van der Waals surface area contributed by atoms with Crippen molar-refractivity contribution >= 4 is 17.8 Å². The van der Waals surface area contributed by atoms with E-state index in [1.165, 1.54) is 0 Å². The number of rotatable bonds is 6. The van der Waals surface area contributed by atoms with Crippen LogP contribution in [0.5, 0.6) is 0 Å². The number of carbonyl (C=O) groups excluding carboxylic acids is 3. The van der Waals surface area contributed by atoms with Gasteiger partial charge in [-0.05, 0) is 24.6 Å². The Bertz CT molecular complexity index is 513. The lowest BCUT2D eigenvalue weighted by atomic mass is 10.1. The Morgan fingerprint density at radius 2 is 1.86 bits per heavy atom. The van der Waals surface area contributed by atoms with Crippen molar-refractivity contribution in [2.75, 3.05) is 13.7 Å². The zero-order valence-corrected chi connectivity index (χ0v) is 12.0. The van der Waals surface area contributed by atoms with Crippen molar-refractivity contribution in [1.29, 1.82) is 0 Å². The fourth-order valence-electron chi connectivity index (χ4n) is 1.56.